The molecule has 0 bridgehead atoms. The number of nitrogens with one attached hydrogen (secondary N) is 1. The Morgan fingerprint density at radius 1 is 1.33 bits per heavy atom. The average molecular weight is 266 g/mol. The summed E-state index contributed by atoms with van der Waals surface area (Å²) in [5.74, 6) is -1.67. The molecule has 0 radical (unpaired) electrons. The summed E-state index contributed by atoms with van der Waals surface area (Å²) in [5, 5.41) is 2.64. The number of carbonyl (C=O) groups excluding carboxylic acids is 1. The molecule has 0 saturated heterocycles. The third-order valence-corrected chi connectivity index (χ3v) is 3.50. The predicted octanol–water partition coefficient (Wildman–Crippen LogP) is 2.21. The van der Waals surface area contributed by atoms with Crippen molar-refractivity contribution in [3.63, 3.8) is 0 Å². The highest BCUT2D eigenvalue weighted by atomic mass is 19.4. The summed E-state index contributed by atoms with van der Waals surface area (Å²) in [4.78, 5) is 11.7. The fraction of sp³-hybridized carbons (Fsp3) is 0.917. The van der Waals surface area contributed by atoms with Crippen LogP contribution in [0.1, 0.15) is 39.5 Å². The maximum atomic E-state index is 12.6. The SMILES string of the molecule is CC(C)[C@@H](N)C(=O)NC1CCCC(C(F)(F)F)C1. The molecule has 1 amide bonds. The first-order valence-electron chi connectivity index (χ1n) is 6.34. The van der Waals surface area contributed by atoms with Gasteiger partial charge in [0.25, 0.3) is 0 Å². The minimum atomic E-state index is -4.16. The van der Waals surface area contributed by atoms with Crippen LogP contribution in [0.2, 0.25) is 0 Å². The van der Waals surface area contributed by atoms with E-state index in [1.165, 1.54) is 0 Å². The molecule has 1 aliphatic carbocycles. The van der Waals surface area contributed by atoms with Crippen molar-refractivity contribution in [2.75, 3.05) is 0 Å². The van der Waals surface area contributed by atoms with E-state index in [-0.39, 0.29) is 24.7 Å². The number of amides is 1. The van der Waals surface area contributed by atoms with Crippen molar-refractivity contribution < 1.29 is 18.0 Å². The van der Waals surface area contributed by atoms with E-state index in [2.05, 4.69) is 5.32 Å². The standard InChI is InChI=1S/C12H21F3N2O/c1-7(2)10(16)11(18)17-9-5-3-4-8(6-9)12(13,14)15/h7-10H,3-6,16H2,1-2H3,(H,17,18)/t8?,9?,10-/m1/s1. The molecule has 1 saturated carbocycles. The third kappa shape index (κ3) is 4.15. The van der Waals surface area contributed by atoms with Crippen LogP contribution in [-0.2, 0) is 4.79 Å². The van der Waals surface area contributed by atoms with Gasteiger partial charge in [0.05, 0.1) is 12.0 Å². The second-order valence-corrected chi connectivity index (χ2v) is 5.38. The van der Waals surface area contributed by atoms with Crippen LogP contribution in [0.25, 0.3) is 0 Å². The number of carbonyl (C=O) groups is 1. The Kier molecular flexibility index (Phi) is 5.01. The van der Waals surface area contributed by atoms with Crippen LogP contribution in [0.15, 0.2) is 0 Å². The van der Waals surface area contributed by atoms with Gasteiger partial charge >= 0.3 is 6.18 Å². The molecular weight excluding hydrogens is 245 g/mol. The van der Waals surface area contributed by atoms with Crippen LogP contribution < -0.4 is 11.1 Å². The van der Waals surface area contributed by atoms with Crippen LogP contribution in [0.5, 0.6) is 0 Å². The van der Waals surface area contributed by atoms with Gasteiger partial charge in [0, 0.05) is 6.04 Å². The van der Waals surface area contributed by atoms with Crippen molar-refractivity contribution in [2.24, 2.45) is 17.6 Å². The number of hydrogen-bond acceptors (Lipinski definition) is 2. The molecule has 1 aliphatic rings. The zero-order valence-electron chi connectivity index (χ0n) is 10.8. The molecule has 106 valence electrons. The predicted molar refractivity (Wildman–Crippen MR) is 62.8 cm³/mol. The summed E-state index contributed by atoms with van der Waals surface area (Å²) in [7, 11) is 0. The topological polar surface area (TPSA) is 55.1 Å². The normalized spacial score (nSPS) is 27.1. The fourth-order valence-corrected chi connectivity index (χ4v) is 2.22. The molecule has 18 heavy (non-hydrogen) atoms. The van der Waals surface area contributed by atoms with Gasteiger partial charge in [0.15, 0.2) is 0 Å². The van der Waals surface area contributed by atoms with Crippen LogP contribution in [-0.4, -0.2) is 24.2 Å². The lowest BCUT2D eigenvalue weighted by molar-refractivity contribution is -0.184. The Labute approximate surface area is 105 Å². The Morgan fingerprint density at radius 3 is 2.44 bits per heavy atom. The van der Waals surface area contributed by atoms with Gasteiger partial charge in [-0.2, -0.15) is 13.2 Å². The third-order valence-electron chi connectivity index (χ3n) is 3.50. The maximum Gasteiger partial charge on any atom is 0.391 e. The fourth-order valence-electron chi connectivity index (χ4n) is 2.22. The van der Waals surface area contributed by atoms with Crippen molar-refractivity contribution in [3.05, 3.63) is 0 Å². The van der Waals surface area contributed by atoms with Gasteiger partial charge < -0.3 is 11.1 Å². The molecule has 0 spiro atoms. The van der Waals surface area contributed by atoms with Gasteiger partial charge in [-0.15, -0.1) is 0 Å². The van der Waals surface area contributed by atoms with Crippen LogP contribution >= 0.6 is 0 Å². The van der Waals surface area contributed by atoms with Gasteiger partial charge in [-0.1, -0.05) is 20.3 Å². The summed E-state index contributed by atoms with van der Waals surface area (Å²) in [6.07, 6.45) is -2.94. The van der Waals surface area contributed by atoms with Gasteiger partial charge in [0.2, 0.25) is 5.91 Å². The first-order chi connectivity index (χ1) is 8.21. The highest BCUT2D eigenvalue weighted by Gasteiger charge is 2.42. The van der Waals surface area contributed by atoms with Gasteiger partial charge in [-0.05, 0) is 25.2 Å². The van der Waals surface area contributed by atoms with E-state index < -0.39 is 24.2 Å². The number of hydrogen-bond donors (Lipinski definition) is 2. The molecule has 6 heteroatoms. The molecule has 0 heterocycles. The van der Waals surface area contributed by atoms with Crippen LogP contribution in [0.4, 0.5) is 13.2 Å². The number of nitrogens with two attached hydrogens (primary N) is 1. The first kappa shape index (κ1) is 15.3. The molecular formula is C12H21F3N2O. The second kappa shape index (κ2) is 5.91. The Hall–Kier alpha value is -0.780. The van der Waals surface area contributed by atoms with Gasteiger partial charge in [0.1, 0.15) is 0 Å². The molecule has 0 aromatic carbocycles. The van der Waals surface area contributed by atoms with Crippen molar-refractivity contribution >= 4 is 5.91 Å². The van der Waals surface area contributed by atoms with Crippen molar-refractivity contribution in [3.8, 4) is 0 Å². The summed E-state index contributed by atoms with van der Waals surface area (Å²) in [6, 6.07) is -1.06. The summed E-state index contributed by atoms with van der Waals surface area (Å²) in [5.41, 5.74) is 5.66. The molecule has 1 rings (SSSR count). The first-order valence-corrected chi connectivity index (χ1v) is 6.34. The van der Waals surface area contributed by atoms with Crippen LogP contribution in [0, 0.1) is 11.8 Å². The molecule has 3 nitrogen and oxygen atoms in total. The minimum Gasteiger partial charge on any atom is -0.352 e. The second-order valence-electron chi connectivity index (χ2n) is 5.38. The molecule has 3 atom stereocenters. The highest BCUT2D eigenvalue weighted by Crippen LogP contribution is 2.37. The van der Waals surface area contributed by atoms with E-state index in [9.17, 15) is 18.0 Å². The van der Waals surface area contributed by atoms with Crippen molar-refractivity contribution in [1.82, 2.24) is 5.32 Å². The largest absolute Gasteiger partial charge is 0.391 e. The molecule has 0 aromatic heterocycles. The quantitative estimate of drug-likeness (QED) is 0.823. The van der Waals surface area contributed by atoms with E-state index in [4.69, 9.17) is 5.73 Å². The Balaban J connectivity index is 2.50. The zero-order valence-corrected chi connectivity index (χ0v) is 10.8. The minimum absolute atomic E-state index is 0.0213. The Bertz CT molecular complexity index is 292. The number of halogens is 3. The molecule has 0 aromatic rings. The van der Waals surface area contributed by atoms with E-state index in [1.54, 1.807) is 0 Å². The lowest BCUT2D eigenvalue weighted by Gasteiger charge is -2.31. The highest BCUT2D eigenvalue weighted by molar-refractivity contribution is 5.82. The molecule has 1 fully saturated rings. The van der Waals surface area contributed by atoms with E-state index in [1.807, 2.05) is 13.8 Å². The lowest BCUT2D eigenvalue weighted by atomic mass is 9.85. The van der Waals surface area contributed by atoms with E-state index in [0.29, 0.717) is 12.8 Å². The van der Waals surface area contributed by atoms with Crippen LogP contribution in [0.3, 0.4) is 0 Å². The van der Waals surface area contributed by atoms with E-state index >= 15 is 0 Å². The summed E-state index contributed by atoms with van der Waals surface area (Å²) in [6.45, 7) is 3.62. The number of rotatable bonds is 3. The number of alkyl halides is 3. The maximum absolute atomic E-state index is 12.6. The zero-order chi connectivity index (χ0) is 13.9. The van der Waals surface area contributed by atoms with Gasteiger partial charge in [-0.25, -0.2) is 0 Å². The molecule has 0 aliphatic heterocycles. The van der Waals surface area contributed by atoms with E-state index in [0.717, 1.165) is 0 Å². The smallest absolute Gasteiger partial charge is 0.352 e. The van der Waals surface area contributed by atoms with Crippen molar-refractivity contribution in [2.45, 2.75) is 57.8 Å². The van der Waals surface area contributed by atoms with Gasteiger partial charge in [-0.3, -0.25) is 4.79 Å². The summed E-state index contributed by atoms with van der Waals surface area (Å²) >= 11 is 0. The summed E-state index contributed by atoms with van der Waals surface area (Å²) < 4.78 is 37.8. The Morgan fingerprint density at radius 2 is 1.94 bits per heavy atom. The molecule has 3 N–H and O–H groups in total. The monoisotopic (exact) mass is 266 g/mol. The average Bonchev–Trinajstić information content (AvgIpc) is 2.27. The molecule has 2 unspecified atom stereocenters. The van der Waals surface area contributed by atoms with Crippen molar-refractivity contribution in [1.29, 1.82) is 0 Å². The lowest BCUT2D eigenvalue weighted by Crippen LogP contribution is -2.49.